The number of nitrogens with zero attached hydrogens (tertiary/aromatic N) is 2. The Morgan fingerprint density at radius 1 is 1.28 bits per heavy atom. The van der Waals surface area contributed by atoms with E-state index in [1.54, 1.807) is 17.0 Å². The van der Waals surface area contributed by atoms with Gasteiger partial charge in [-0.1, -0.05) is 18.2 Å². The highest BCUT2D eigenvalue weighted by Crippen LogP contribution is 2.30. The van der Waals surface area contributed by atoms with Gasteiger partial charge in [-0.2, -0.15) is 0 Å². The van der Waals surface area contributed by atoms with Gasteiger partial charge in [-0.15, -0.1) is 0 Å². The maximum Gasteiger partial charge on any atom is 0.411 e. The zero-order valence-electron chi connectivity index (χ0n) is 18.6. The Bertz CT molecular complexity index is 1050. The van der Waals surface area contributed by atoms with E-state index in [2.05, 4.69) is 9.97 Å². The molecular formula is C24H29FN4O3. The van der Waals surface area contributed by atoms with Crippen LogP contribution in [-0.4, -0.2) is 45.8 Å². The number of halogens is 1. The standard InChI is InChI=1S/C24H29FN4O3/c1-24(2,3)32-23(30)29-13-15(11-12-16-17(25)7-6-8-18(16)26)31-14-21(29)22-27-19-9-4-5-10-20(19)28-22/h4-10,15,21H,11-14,26H2,1-3H3,(H,27,28). The maximum absolute atomic E-state index is 14.2. The number of nitrogens with two attached hydrogens (primary N) is 1. The highest BCUT2D eigenvalue weighted by Gasteiger charge is 2.37. The molecule has 7 nitrogen and oxygen atoms in total. The summed E-state index contributed by atoms with van der Waals surface area (Å²) < 4.78 is 25.9. The second-order valence-corrected chi connectivity index (χ2v) is 9.09. The fraction of sp³-hybridized carbons (Fsp3) is 0.417. The van der Waals surface area contributed by atoms with E-state index in [4.69, 9.17) is 15.2 Å². The van der Waals surface area contributed by atoms with E-state index in [0.717, 1.165) is 11.0 Å². The summed E-state index contributed by atoms with van der Waals surface area (Å²) in [6.45, 7) is 6.07. The van der Waals surface area contributed by atoms with Crippen molar-refractivity contribution in [1.29, 1.82) is 0 Å². The number of rotatable bonds is 4. The van der Waals surface area contributed by atoms with Gasteiger partial charge in [0.1, 0.15) is 23.3 Å². The van der Waals surface area contributed by atoms with Crippen LogP contribution in [0.3, 0.4) is 0 Å². The van der Waals surface area contributed by atoms with E-state index in [9.17, 15) is 9.18 Å². The number of amides is 1. The van der Waals surface area contributed by atoms with Crippen molar-refractivity contribution in [3.8, 4) is 0 Å². The van der Waals surface area contributed by atoms with E-state index >= 15 is 0 Å². The van der Waals surface area contributed by atoms with Gasteiger partial charge < -0.3 is 20.2 Å². The number of fused-ring (bicyclic) bond motifs is 1. The molecule has 1 saturated heterocycles. The molecule has 2 heterocycles. The Balaban J connectivity index is 1.54. The molecule has 3 aromatic rings. The zero-order chi connectivity index (χ0) is 22.9. The lowest BCUT2D eigenvalue weighted by atomic mass is 10.0. The number of aromatic nitrogens is 2. The van der Waals surface area contributed by atoms with Crippen molar-refractivity contribution in [2.75, 3.05) is 18.9 Å². The third-order valence-electron chi connectivity index (χ3n) is 5.49. The quantitative estimate of drug-likeness (QED) is 0.579. The molecule has 1 amide bonds. The second kappa shape index (κ2) is 8.78. The molecule has 1 aliphatic rings. The predicted molar refractivity (Wildman–Crippen MR) is 121 cm³/mol. The zero-order valence-corrected chi connectivity index (χ0v) is 18.6. The lowest BCUT2D eigenvalue weighted by molar-refractivity contribution is -0.0746. The molecule has 0 saturated carbocycles. The van der Waals surface area contributed by atoms with Gasteiger partial charge in [0.05, 0.1) is 30.3 Å². The number of hydrogen-bond donors (Lipinski definition) is 2. The van der Waals surface area contributed by atoms with E-state index in [1.165, 1.54) is 6.07 Å². The molecule has 0 bridgehead atoms. The Morgan fingerprint density at radius 2 is 2.06 bits per heavy atom. The van der Waals surface area contributed by atoms with Gasteiger partial charge in [0, 0.05) is 11.3 Å². The summed E-state index contributed by atoms with van der Waals surface area (Å²) in [6.07, 6.45) is 0.238. The smallest absolute Gasteiger partial charge is 0.411 e. The molecule has 1 aromatic heterocycles. The number of nitrogen functional groups attached to an aromatic ring is 1. The van der Waals surface area contributed by atoms with Crippen molar-refractivity contribution in [2.45, 2.75) is 51.4 Å². The molecule has 3 N–H and O–H groups in total. The van der Waals surface area contributed by atoms with E-state index < -0.39 is 17.7 Å². The van der Waals surface area contributed by atoms with Gasteiger partial charge >= 0.3 is 6.09 Å². The molecule has 170 valence electrons. The number of aromatic amines is 1. The Hall–Kier alpha value is -3.13. The molecule has 1 fully saturated rings. The number of morpholine rings is 1. The molecule has 0 aliphatic carbocycles. The van der Waals surface area contributed by atoms with Gasteiger partial charge in [0.25, 0.3) is 0 Å². The van der Waals surface area contributed by atoms with Crippen LogP contribution in [0, 0.1) is 5.82 Å². The van der Waals surface area contributed by atoms with Crippen LogP contribution in [0.5, 0.6) is 0 Å². The predicted octanol–water partition coefficient (Wildman–Crippen LogP) is 4.59. The summed E-state index contributed by atoms with van der Waals surface area (Å²) in [4.78, 5) is 22.7. The molecule has 32 heavy (non-hydrogen) atoms. The van der Waals surface area contributed by atoms with E-state index in [0.29, 0.717) is 36.5 Å². The van der Waals surface area contributed by atoms with Crippen molar-refractivity contribution >= 4 is 22.8 Å². The monoisotopic (exact) mass is 440 g/mol. The van der Waals surface area contributed by atoms with Gasteiger partial charge in [-0.05, 0) is 57.9 Å². The van der Waals surface area contributed by atoms with Crippen LogP contribution in [0.4, 0.5) is 14.9 Å². The topological polar surface area (TPSA) is 93.5 Å². The first kappa shape index (κ1) is 22.1. The number of ether oxygens (including phenoxy) is 2. The second-order valence-electron chi connectivity index (χ2n) is 9.09. The van der Waals surface area contributed by atoms with Crippen molar-refractivity contribution in [3.05, 3.63) is 59.7 Å². The molecule has 4 rings (SSSR count). The largest absolute Gasteiger partial charge is 0.444 e. The summed E-state index contributed by atoms with van der Waals surface area (Å²) in [7, 11) is 0. The molecule has 2 atom stereocenters. The van der Waals surface area contributed by atoms with E-state index in [-0.39, 0.29) is 18.5 Å². The van der Waals surface area contributed by atoms with Crippen LogP contribution in [0.2, 0.25) is 0 Å². The van der Waals surface area contributed by atoms with Gasteiger partial charge in [0.15, 0.2) is 0 Å². The number of carbonyl (C=O) groups excluding carboxylic acids is 1. The van der Waals surface area contributed by atoms with Crippen molar-refractivity contribution in [2.24, 2.45) is 0 Å². The molecule has 0 radical (unpaired) electrons. The summed E-state index contributed by atoms with van der Waals surface area (Å²) in [6, 6.07) is 12.0. The Labute approximate surface area is 186 Å². The minimum absolute atomic E-state index is 0.260. The SMILES string of the molecule is CC(C)(C)OC(=O)N1CC(CCc2c(N)cccc2F)OCC1c1nc2ccccc2[nH]1. The molecule has 0 spiro atoms. The van der Waals surface area contributed by atoms with Crippen LogP contribution in [0.25, 0.3) is 11.0 Å². The number of hydrogen-bond acceptors (Lipinski definition) is 5. The van der Waals surface area contributed by atoms with Crippen LogP contribution in [0.1, 0.15) is 44.6 Å². The number of nitrogens with one attached hydrogen (secondary N) is 1. The molecular weight excluding hydrogens is 411 g/mol. The minimum atomic E-state index is -0.634. The molecule has 1 aliphatic heterocycles. The fourth-order valence-electron chi connectivity index (χ4n) is 3.91. The number of benzene rings is 2. The summed E-state index contributed by atoms with van der Waals surface area (Å²) >= 11 is 0. The first-order valence-electron chi connectivity index (χ1n) is 10.8. The molecule has 2 unspecified atom stereocenters. The first-order chi connectivity index (χ1) is 15.2. The number of imidazole rings is 1. The van der Waals surface area contributed by atoms with Crippen LogP contribution >= 0.6 is 0 Å². The number of para-hydroxylation sites is 2. The number of H-pyrrole nitrogens is 1. The van der Waals surface area contributed by atoms with Crippen LogP contribution in [-0.2, 0) is 15.9 Å². The van der Waals surface area contributed by atoms with Crippen molar-refractivity contribution < 1.29 is 18.7 Å². The van der Waals surface area contributed by atoms with E-state index in [1.807, 2.05) is 45.0 Å². The van der Waals surface area contributed by atoms with Crippen molar-refractivity contribution in [3.63, 3.8) is 0 Å². The Kier molecular flexibility index (Phi) is 6.06. The third kappa shape index (κ3) is 4.85. The minimum Gasteiger partial charge on any atom is -0.444 e. The maximum atomic E-state index is 14.2. The van der Waals surface area contributed by atoms with Crippen LogP contribution < -0.4 is 5.73 Å². The molecule has 2 aromatic carbocycles. The summed E-state index contributed by atoms with van der Waals surface area (Å²) in [5, 5.41) is 0. The molecule has 8 heteroatoms. The summed E-state index contributed by atoms with van der Waals surface area (Å²) in [5.74, 6) is 0.318. The number of anilines is 1. The van der Waals surface area contributed by atoms with Gasteiger partial charge in [0.2, 0.25) is 0 Å². The third-order valence-corrected chi connectivity index (χ3v) is 5.49. The average Bonchev–Trinajstić information content (AvgIpc) is 3.16. The lowest BCUT2D eigenvalue weighted by Crippen LogP contribution is -2.49. The Morgan fingerprint density at radius 3 is 2.78 bits per heavy atom. The first-order valence-corrected chi connectivity index (χ1v) is 10.8. The van der Waals surface area contributed by atoms with Crippen LogP contribution in [0.15, 0.2) is 42.5 Å². The fourth-order valence-corrected chi connectivity index (χ4v) is 3.91. The highest BCUT2D eigenvalue weighted by atomic mass is 19.1. The lowest BCUT2D eigenvalue weighted by Gasteiger charge is -2.39. The number of carbonyl (C=O) groups is 1. The normalized spacial score (nSPS) is 19.3. The summed E-state index contributed by atoms with van der Waals surface area (Å²) in [5.41, 5.74) is 7.91. The van der Waals surface area contributed by atoms with Gasteiger partial charge in [-0.25, -0.2) is 14.2 Å². The average molecular weight is 441 g/mol. The highest BCUT2D eigenvalue weighted by molar-refractivity contribution is 5.75. The van der Waals surface area contributed by atoms with Gasteiger partial charge in [-0.3, -0.25) is 4.90 Å². The van der Waals surface area contributed by atoms with Crippen molar-refractivity contribution in [1.82, 2.24) is 14.9 Å².